The van der Waals surface area contributed by atoms with Gasteiger partial charge in [-0.05, 0) is 73.7 Å². The molecule has 3 aliphatic rings. The highest BCUT2D eigenvalue weighted by Crippen LogP contribution is 2.34. The van der Waals surface area contributed by atoms with E-state index in [1.54, 1.807) is 0 Å². The van der Waals surface area contributed by atoms with E-state index < -0.39 is 0 Å². The van der Waals surface area contributed by atoms with Crippen LogP contribution in [0, 0.1) is 5.92 Å². The van der Waals surface area contributed by atoms with Gasteiger partial charge in [0, 0.05) is 30.7 Å². The Bertz CT molecular complexity index is 1080. The number of nitrogens with one attached hydrogen (secondary N) is 1. The first-order valence-electron chi connectivity index (χ1n) is 12.6. The van der Waals surface area contributed by atoms with Crippen molar-refractivity contribution < 1.29 is 23.9 Å². The van der Waals surface area contributed by atoms with Crippen molar-refractivity contribution >= 4 is 17.6 Å². The van der Waals surface area contributed by atoms with E-state index in [1.165, 1.54) is 10.5 Å². The smallest absolute Gasteiger partial charge is 0.229 e. The molecule has 1 aliphatic carbocycles. The molecule has 184 valence electrons. The first-order valence-corrected chi connectivity index (χ1v) is 12.6. The SMILES string of the molecule is O=C1CCc2ccc(OC[C@@H]3CCNCC[C@H]3c3ccc(OCCN4C(=O)CCC4=O)cc3)cc21. The zero-order valence-corrected chi connectivity index (χ0v) is 20.0. The standard InChI is InChI=1S/C28H32N2O5/c31-26-8-4-20-3-7-23(17-25(20)26)35-18-21-11-13-29-14-12-24(21)19-1-5-22(6-2-19)34-16-15-30-27(32)9-10-28(30)33/h1-3,5-7,17,21,24,29H,4,8-16,18H2/t21-,24-/m0/s1. The lowest BCUT2D eigenvalue weighted by Gasteiger charge is -2.26. The van der Waals surface area contributed by atoms with Crippen molar-refractivity contribution in [3.05, 3.63) is 59.2 Å². The van der Waals surface area contributed by atoms with Crippen molar-refractivity contribution in [2.24, 2.45) is 5.92 Å². The Morgan fingerprint density at radius 3 is 2.37 bits per heavy atom. The van der Waals surface area contributed by atoms with Gasteiger partial charge in [0.05, 0.1) is 13.2 Å². The summed E-state index contributed by atoms with van der Waals surface area (Å²) in [6.07, 6.45) is 4.08. The molecule has 2 fully saturated rings. The fraction of sp³-hybridized carbons (Fsp3) is 0.464. The van der Waals surface area contributed by atoms with Crippen LogP contribution in [0.3, 0.4) is 0 Å². The number of hydrogen-bond donors (Lipinski definition) is 1. The molecule has 0 unspecified atom stereocenters. The van der Waals surface area contributed by atoms with Crippen LogP contribution in [0.2, 0.25) is 0 Å². The molecule has 1 N–H and O–H groups in total. The molecule has 0 bridgehead atoms. The van der Waals surface area contributed by atoms with Crippen LogP contribution < -0.4 is 14.8 Å². The van der Waals surface area contributed by atoms with Crippen LogP contribution in [0.15, 0.2) is 42.5 Å². The third-order valence-electron chi connectivity index (χ3n) is 7.41. The van der Waals surface area contributed by atoms with Gasteiger partial charge in [-0.2, -0.15) is 0 Å². The van der Waals surface area contributed by atoms with E-state index in [4.69, 9.17) is 9.47 Å². The summed E-state index contributed by atoms with van der Waals surface area (Å²) in [6.45, 7) is 3.12. The van der Waals surface area contributed by atoms with Crippen LogP contribution >= 0.6 is 0 Å². The maximum Gasteiger partial charge on any atom is 0.229 e. The molecule has 35 heavy (non-hydrogen) atoms. The fourth-order valence-corrected chi connectivity index (χ4v) is 5.39. The Morgan fingerprint density at radius 1 is 0.829 bits per heavy atom. The van der Waals surface area contributed by atoms with Gasteiger partial charge in [0.2, 0.25) is 11.8 Å². The highest BCUT2D eigenvalue weighted by atomic mass is 16.5. The number of carbonyl (C=O) groups excluding carboxylic acids is 3. The number of rotatable bonds is 8. The van der Waals surface area contributed by atoms with Gasteiger partial charge in [-0.15, -0.1) is 0 Å². The normalized spacial score (nSPS) is 22.3. The Balaban J connectivity index is 1.19. The van der Waals surface area contributed by atoms with Crippen LogP contribution in [0.5, 0.6) is 11.5 Å². The van der Waals surface area contributed by atoms with E-state index >= 15 is 0 Å². The quantitative estimate of drug-likeness (QED) is 0.587. The van der Waals surface area contributed by atoms with Crippen LogP contribution in [-0.4, -0.2) is 55.3 Å². The summed E-state index contributed by atoms with van der Waals surface area (Å²) in [5, 5.41) is 3.50. The summed E-state index contributed by atoms with van der Waals surface area (Å²) >= 11 is 0. The monoisotopic (exact) mass is 476 g/mol. The number of benzene rings is 2. The first-order chi connectivity index (χ1) is 17.1. The predicted molar refractivity (Wildman–Crippen MR) is 131 cm³/mol. The molecule has 2 amide bonds. The van der Waals surface area contributed by atoms with E-state index in [1.807, 2.05) is 30.3 Å². The zero-order chi connectivity index (χ0) is 24.2. The third-order valence-corrected chi connectivity index (χ3v) is 7.41. The number of Topliss-reactive ketones (excluding diaryl/α,β-unsaturated/α-hetero) is 1. The number of amides is 2. The molecule has 5 rings (SSSR count). The van der Waals surface area contributed by atoms with E-state index in [0.29, 0.717) is 50.9 Å². The summed E-state index contributed by atoms with van der Waals surface area (Å²) in [5.74, 6) is 2.20. The van der Waals surface area contributed by atoms with Crippen molar-refractivity contribution in [1.29, 1.82) is 0 Å². The molecular weight excluding hydrogens is 444 g/mol. The third kappa shape index (κ3) is 5.40. The number of carbonyl (C=O) groups is 3. The van der Waals surface area contributed by atoms with Crippen LogP contribution in [0.1, 0.15) is 59.5 Å². The number of hydrogen-bond acceptors (Lipinski definition) is 6. The summed E-state index contributed by atoms with van der Waals surface area (Å²) in [5.41, 5.74) is 3.19. The van der Waals surface area contributed by atoms with Gasteiger partial charge in [-0.1, -0.05) is 18.2 Å². The number of imide groups is 1. The molecule has 2 aliphatic heterocycles. The molecule has 2 heterocycles. The lowest BCUT2D eigenvalue weighted by Crippen LogP contribution is -2.33. The molecule has 0 radical (unpaired) electrons. The highest BCUT2D eigenvalue weighted by Gasteiger charge is 2.29. The van der Waals surface area contributed by atoms with Crippen LogP contribution in [0.25, 0.3) is 0 Å². The first kappa shape index (κ1) is 23.5. The van der Waals surface area contributed by atoms with Crippen molar-refractivity contribution in [3.63, 3.8) is 0 Å². The summed E-state index contributed by atoms with van der Waals surface area (Å²) in [6, 6.07) is 14.1. The Hall–Kier alpha value is -3.19. The number of ether oxygens (including phenoxy) is 2. The van der Waals surface area contributed by atoms with Gasteiger partial charge < -0.3 is 14.8 Å². The van der Waals surface area contributed by atoms with Gasteiger partial charge in [0.25, 0.3) is 0 Å². The summed E-state index contributed by atoms with van der Waals surface area (Å²) < 4.78 is 12.0. The van der Waals surface area contributed by atoms with Crippen molar-refractivity contribution in [1.82, 2.24) is 10.2 Å². The van der Waals surface area contributed by atoms with Crippen molar-refractivity contribution in [3.8, 4) is 11.5 Å². The lowest BCUT2D eigenvalue weighted by atomic mass is 9.83. The minimum absolute atomic E-state index is 0.115. The van der Waals surface area contributed by atoms with E-state index in [-0.39, 0.29) is 17.6 Å². The maximum absolute atomic E-state index is 12.1. The van der Waals surface area contributed by atoms with E-state index in [9.17, 15) is 14.4 Å². The van der Waals surface area contributed by atoms with E-state index in [2.05, 4.69) is 17.4 Å². The Labute approximate surface area is 205 Å². The Kier molecular flexibility index (Phi) is 7.13. The molecule has 0 spiro atoms. The molecule has 0 aromatic heterocycles. The number of likely N-dealkylation sites (tertiary alicyclic amines) is 1. The van der Waals surface area contributed by atoms with Gasteiger partial charge in [0.1, 0.15) is 18.1 Å². The van der Waals surface area contributed by atoms with Gasteiger partial charge >= 0.3 is 0 Å². The predicted octanol–water partition coefficient (Wildman–Crippen LogP) is 3.51. The van der Waals surface area contributed by atoms with Gasteiger partial charge in [-0.25, -0.2) is 0 Å². The number of aryl methyl sites for hydroxylation is 1. The Morgan fingerprint density at radius 2 is 1.57 bits per heavy atom. The summed E-state index contributed by atoms with van der Waals surface area (Å²) in [4.78, 5) is 36.8. The maximum atomic E-state index is 12.1. The van der Waals surface area contributed by atoms with Gasteiger partial charge in [-0.3, -0.25) is 19.3 Å². The topological polar surface area (TPSA) is 84.9 Å². The second-order valence-corrected chi connectivity index (χ2v) is 9.60. The average molecular weight is 477 g/mol. The van der Waals surface area contributed by atoms with E-state index in [0.717, 1.165) is 55.0 Å². The highest BCUT2D eigenvalue weighted by molar-refractivity contribution is 6.02. The second-order valence-electron chi connectivity index (χ2n) is 9.60. The molecule has 7 nitrogen and oxygen atoms in total. The van der Waals surface area contributed by atoms with Crippen LogP contribution in [0.4, 0.5) is 0 Å². The lowest BCUT2D eigenvalue weighted by molar-refractivity contribution is -0.138. The van der Waals surface area contributed by atoms with Crippen molar-refractivity contribution in [2.75, 3.05) is 32.8 Å². The number of fused-ring (bicyclic) bond motifs is 1. The number of ketones is 1. The summed E-state index contributed by atoms with van der Waals surface area (Å²) in [7, 11) is 0. The molecule has 2 aromatic carbocycles. The molecule has 2 aromatic rings. The molecule has 2 saturated heterocycles. The number of nitrogens with zero attached hydrogens (tertiary/aromatic N) is 1. The molecule has 7 heteroatoms. The average Bonchev–Trinajstić information content (AvgIpc) is 3.29. The minimum atomic E-state index is -0.115. The van der Waals surface area contributed by atoms with Crippen molar-refractivity contribution in [2.45, 2.75) is 44.4 Å². The van der Waals surface area contributed by atoms with Gasteiger partial charge in [0.15, 0.2) is 5.78 Å². The largest absolute Gasteiger partial charge is 0.493 e. The molecule has 0 saturated carbocycles. The van der Waals surface area contributed by atoms with Crippen LogP contribution in [-0.2, 0) is 16.0 Å². The second kappa shape index (κ2) is 10.6. The fourth-order valence-electron chi connectivity index (χ4n) is 5.39. The molecule has 2 atom stereocenters. The minimum Gasteiger partial charge on any atom is -0.493 e. The molecular formula is C28H32N2O5. The zero-order valence-electron chi connectivity index (χ0n) is 20.0.